The molecule has 0 radical (unpaired) electrons. The van der Waals surface area contributed by atoms with Gasteiger partial charge in [0.15, 0.2) is 6.10 Å². The maximum atomic E-state index is 12.9. The first-order chi connectivity index (χ1) is 35.5. The summed E-state index contributed by atoms with van der Waals surface area (Å²) in [5.41, 5.74) is 0. The van der Waals surface area contributed by atoms with Gasteiger partial charge in [-0.25, -0.2) is 0 Å². The Labute approximate surface area is 443 Å². The lowest BCUT2D eigenvalue weighted by molar-refractivity contribution is -0.167. The fraction of sp³-hybridized carbons (Fsp3) is 0.621. The van der Waals surface area contributed by atoms with E-state index in [2.05, 4.69) is 154 Å². The number of carbonyl (C=O) groups is 3. The number of rotatable bonds is 51. The van der Waals surface area contributed by atoms with E-state index in [-0.39, 0.29) is 44.0 Å². The van der Waals surface area contributed by atoms with E-state index in [1.165, 1.54) is 77.0 Å². The van der Waals surface area contributed by atoms with Gasteiger partial charge in [0.1, 0.15) is 13.2 Å². The molecular weight excluding hydrogens is 889 g/mol. The number of hydrogen-bond donors (Lipinski definition) is 0. The Morgan fingerprint density at radius 2 is 0.611 bits per heavy atom. The molecule has 6 nitrogen and oxygen atoms in total. The van der Waals surface area contributed by atoms with Crippen LogP contribution in [0.15, 0.2) is 134 Å². The average Bonchev–Trinajstić information content (AvgIpc) is 3.38. The third-order valence-corrected chi connectivity index (χ3v) is 11.9. The highest BCUT2D eigenvalue weighted by atomic mass is 16.6. The molecule has 0 amide bonds. The molecule has 0 heterocycles. The summed E-state index contributed by atoms with van der Waals surface area (Å²) in [5, 5.41) is 0. The third kappa shape index (κ3) is 56.5. The molecule has 0 aliphatic rings. The van der Waals surface area contributed by atoms with Crippen molar-refractivity contribution < 1.29 is 28.6 Å². The number of allylic oxidation sites excluding steroid dienone is 22. The van der Waals surface area contributed by atoms with Crippen LogP contribution in [0.4, 0.5) is 0 Å². The van der Waals surface area contributed by atoms with Gasteiger partial charge in [0.25, 0.3) is 0 Å². The Hall–Kier alpha value is -4.45. The largest absolute Gasteiger partial charge is 0.462 e. The first-order valence-electron chi connectivity index (χ1n) is 29.2. The van der Waals surface area contributed by atoms with Crippen molar-refractivity contribution in [3.8, 4) is 0 Å². The molecule has 0 saturated carbocycles. The molecule has 0 aliphatic carbocycles. The quantitative estimate of drug-likeness (QED) is 0.0199. The summed E-state index contributed by atoms with van der Waals surface area (Å²) in [6, 6.07) is 0. The SMILES string of the molecule is CC/C=C\C/C=C\C/C=C\C/C=C\C/C=C\CCCCCC(=O)OCC(COC(=O)CCC/C=C\C/C=C\C/C=C\CCCCCCCC)OC(=O)CCCCCCC\C=C/C=C\C=C/CCCCCCC. The van der Waals surface area contributed by atoms with Gasteiger partial charge in [-0.15, -0.1) is 0 Å². The van der Waals surface area contributed by atoms with Crippen LogP contribution in [0.2, 0.25) is 0 Å². The maximum absolute atomic E-state index is 12.9. The Morgan fingerprint density at radius 3 is 1.03 bits per heavy atom. The summed E-state index contributed by atoms with van der Waals surface area (Å²) in [6.45, 7) is 6.41. The first kappa shape index (κ1) is 67.5. The third-order valence-electron chi connectivity index (χ3n) is 11.9. The second-order valence-corrected chi connectivity index (χ2v) is 18.9. The number of unbranched alkanes of at least 4 members (excludes halogenated alkanes) is 20. The molecule has 6 heteroatoms. The van der Waals surface area contributed by atoms with Gasteiger partial charge in [0, 0.05) is 19.3 Å². The molecule has 0 fully saturated rings. The van der Waals surface area contributed by atoms with Gasteiger partial charge < -0.3 is 14.2 Å². The number of hydrogen-bond acceptors (Lipinski definition) is 6. The van der Waals surface area contributed by atoms with Crippen molar-refractivity contribution in [3.63, 3.8) is 0 Å². The summed E-state index contributed by atoms with van der Waals surface area (Å²) >= 11 is 0. The molecule has 0 aliphatic heterocycles. The summed E-state index contributed by atoms with van der Waals surface area (Å²) in [4.78, 5) is 38.2. The van der Waals surface area contributed by atoms with Crippen molar-refractivity contribution in [2.24, 2.45) is 0 Å². The Bertz CT molecular complexity index is 1560. The summed E-state index contributed by atoms with van der Waals surface area (Å²) < 4.78 is 16.8. The molecular formula is C66H106O6. The van der Waals surface area contributed by atoms with E-state index in [0.717, 1.165) is 122 Å². The fourth-order valence-corrected chi connectivity index (χ4v) is 7.54. The van der Waals surface area contributed by atoms with Crippen molar-refractivity contribution in [1.29, 1.82) is 0 Å². The van der Waals surface area contributed by atoms with E-state index in [9.17, 15) is 14.4 Å². The van der Waals surface area contributed by atoms with Crippen LogP contribution in [0.5, 0.6) is 0 Å². The van der Waals surface area contributed by atoms with Crippen LogP contribution in [-0.4, -0.2) is 37.2 Å². The minimum Gasteiger partial charge on any atom is -0.462 e. The second kappa shape index (κ2) is 59.1. The molecule has 0 rings (SSSR count). The van der Waals surface area contributed by atoms with Crippen molar-refractivity contribution in [2.75, 3.05) is 13.2 Å². The zero-order valence-corrected chi connectivity index (χ0v) is 46.4. The number of carbonyl (C=O) groups excluding carboxylic acids is 3. The van der Waals surface area contributed by atoms with Gasteiger partial charge in [-0.3, -0.25) is 14.4 Å². The van der Waals surface area contributed by atoms with E-state index in [0.29, 0.717) is 12.8 Å². The molecule has 0 bridgehead atoms. The fourth-order valence-electron chi connectivity index (χ4n) is 7.54. The molecule has 1 unspecified atom stereocenters. The lowest BCUT2D eigenvalue weighted by atomic mass is 10.1. The Kier molecular flexibility index (Phi) is 55.5. The first-order valence-corrected chi connectivity index (χ1v) is 29.2. The monoisotopic (exact) mass is 995 g/mol. The van der Waals surface area contributed by atoms with E-state index < -0.39 is 6.10 Å². The van der Waals surface area contributed by atoms with Gasteiger partial charge in [0.2, 0.25) is 0 Å². The molecule has 0 N–H and O–H groups in total. The lowest BCUT2D eigenvalue weighted by Gasteiger charge is -2.18. The highest BCUT2D eigenvalue weighted by molar-refractivity contribution is 5.71. The van der Waals surface area contributed by atoms with Crippen molar-refractivity contribution in [3.05, 3.63) is 134 Å². The molecule has 406 valence electrons. The summed E-state index contributed by atoms with van der Waals surface area (Å²) in [5.74, 6) is -1.03. The van der Waals surface area contributed by atoms with E-state index in [1.807, 2.05) is 0 Å². The minimum absolute atomic E-state index is 0.124. The standard InChI is InChI=1S/C66H106O6/c1-4-7-10-13-16-19-22-25-28-31-33-36-38-41-44-47-50-53-56-59-65(68)71-62-63(61-70-64(67)58-55-52-49-46-43-40-37-34-30-27-24-21-18-15-12-9-6-3)72-66(69)60-57-54-51-48-45-42-39-35-32-29-26-23-20-17-14-11-8-5-2/h7,10,16,19,23,25-30,32-33,35-37,39-41,44,46,49,63H,4-6,8-9,11-15,17-18,20-22,24,31,34,38,42-43,45,47-48,50-62H2,1-3H3/b10-7-,19-16-,26-23-,28-25-,30-27-,32-29-,36-33-,39-35-,40-37-,44-41-,49-46-. The van der Waals surface area contributed by atoms with Crippen LogP contribution in [0, 0.1) is 0 Å². The minimum atomic E-state index is -0.829. The van der Waals surface area contributed by atoms with Crippen LogP contribution in [0.1, 0.15) is 245 Å². The topological polar surface area (TPSA) is 78.9 Å². The van der Waals surface area contributed by atoms with Crippen LogP contribution in [0.3, 0.4) is 0 Å². The van der Waals surface area contributed by atoms with E-state index in [1.54, 1.807) is 0 Å². The Balaban J connectivity index is 4.59. The summed E-state index contributed by atoms with van der Waals surface area (Å²) in [6.07, 6.45) is 83.0. The van der Waals surface area contributed by atoms with Gasteiger partial charge in [-0.05, 0) is 122 Å². The number of ether oxygens (including phenoxy) is 3. The van der Waals surface area contributed by atoms with Crippen LogP contribution < -0.4 is 0 Å². The maximum Gasteiger partial charge on any atom is 0.306 e. The van der Waals surface area contributed by atoms with Crippen LogP contribution in [0.25, 0.3) is 0 Å². The molecule has 72 heavy (non-hydrogen) atoms. The van der Waals surface area contributed by atoms with Gasteiger partial charge in [-0.1, -0.05) is 238 Å². The molecule has 0 aromatic rings. The van der Waals surface area contributed by atoms with E-state index in [4.69, 9.17) is 14.2 Å². The smallest absolute Gasteiger partial charge is 0.306 e. The van der Waals surface area contributed by atoms with Crippen molar-refractivity contribution >= 4 is 17.9 Å². The van der Waals surface area contributed by atoms with Gasteiger partial charge >= 0.3 is 17.9 Å². The predicted octanol–water partition coefficient (Wildman–Crippen LogP) is 19.8. The summed E-state index contributed by atoms with van der Waals surface area (Å²) in [7, 11) is 0. The van der Waals surface area contributed by atoms with Crippen molar-refractivity contribution in [2.45, 2.75) is 252 Å². The molecule has 0 saturated heterocycles. The highest BCUT2D eigenvalue weighted by Crippen LogP contribution is 2.12. The molecule has 0 aromatic heterocycles. The zero-order chi connectivity index (χ0) is 52.2. The second-order valence-electron chi connectivity index (χ2n) is 18.9. The van der Waals surface area contributed by atoms with Crippen molar-refractivity contribution in [1.82, 2.24) is 0 Å². The van der Waals surface area contributed by atoms with Gasteiger partial charge in [-0.2, -0.15) is 0 Å². The van der Waals surface area contributed by atoms with Gasteiger partial charge in [0.05, 0.1) is 0 Å². The molecule has 0 aromatic carbocycles. The molecule has 0 spiro atoms. The highest BCUT2D eigenvalue weighted by Gasteiger charge is 2.19. The predicted molar refractivity (Wildman–Crippen MR) is 311 cm³/mol. The average molecular weight is 996 g/mol. The number of esters is 3. The lowest BCUT2D eigenvalue weighted by Crippen LogP contribution is -2.30. The zero-order valence-electron chi connectivity index (χ0n) is 46.4. The normalized spacial score (nSPS) is 13.1. The van der Waals surface area contributed by atoms with Crippen LogP contribution in [-0.2, 0) is 28.6 Å². The van der Waals surface area contributed by atoms with E-state index >= 15 is 0 Å². The molecule has 1 atom stereocenters. The Morgan fingerprint density at radius 1 is 0.306 bits per heavy atom. The van der Waals surface area contributed by atoms with Crippen LogP contribution >= 0.6 is 0 Å².